The van der Waals surface area contributed by atoms with Crippen LogP contribution in [0.2, 0.25) is 0 Å². The van der Waals surface area contributed by atoms with E-state index in [1.807, 2.05) is 48.5 Å². The van der Waals surface area contributed by atoms with Crippen molar-refractivity contribution in [1.29, 1.82) is 0 Å². The monoisotopic (exact) mass is 448 g/mol. The lowest BCUT2D eigenvalue weighted by Crippen LogP contribution is -2.02. The van der Waals surface area contributed by atoms with Gasteiger partial charge in [0.2, 0.25) is 0 Å². The molecule has 0 bridgehead atoms. The third-order valence-corrected chi connectivity index (χ3v) is 4.71. The zero-order chi connectivity index (χ0) is 23.7. The van der Waals surface area contributed by atoms with Crippen molar-refractivity contribution >= 4 is 11.8 Å². The zero-order valence-electron chi connectivity index (χ0n) is 20.0. The second-order valence-electron chi connectivity index (χ2n) is 7.41. The number of hydrogen-bond acceptors (Lipinski definition) is 4. The molecule has 0 aliphatic heterocycles. The molecule has 0 N–H and O–H groups in total. The molecule has 0 amide bonds. The second kappa shape index (κ2) is 15.4. The van der Waals surface area contributed by atoms with E-state index in [1.54, 1.807) is 12.2 Å². The van der Waals surface area contributed by atoms with Gasteiger partial charge in [-0.15, -0.1) is 0 Å². The van der Waals surface area contributed by atoms with Crippen LogP contribution in [0.25, 0.3) is 11.8 Å². The van der Waals surface area contributed by atoms with E-state index >= 15 is 0 Å². The van der Waals surface area contributed by atoms with Gasteiger partial charge in [0.05, 0.1) is 18.8 Å². The molecule has 0 unspecified atom stereocenters. The maximum Gasteiger partial charge on any atom is 0.170 e. The van der Waals surface area contributed by atoms with Crippen LogP contribution < -0.4 is 14.2 Å². The van der Waals surface area contributed by atoms with Crippen LogP contribution >= 0.6 is 0 Å². The van der Waals surface area contributed by atoms with Crippen LogP contribution in [0.3, 0.4) is 0 Å². The van der Waals surface area contributed by atoms with Crippen LogP contribution in [-0.4, -0.2) is 26.4 Å². The number of hydrogen-bond donors (Lipinski definition) is 0. The lowest BCUT2D eigenvalue weighted by molar-refractivity contribution is 0.293. The molecule has 0 aliphatic carbocycles. The van der Waals surface area contributed by atoms with E-state index in [4.69, 9.17) is 18.9 Å². The summed E-state index contributed by atoms with van der Waals surface area (Å²) in [5, 5.41) is 0. The summed E-state index contributed by atoms with van der Waals surface area (Å²) in [6.45, 7) is 13.9. The summed E-state index contributed by atoms with van der Waals surface area (Å²) >= 11 is 0. The highest BCUT2D eigenvalue weighted by Gasteiger charge is 2.10. The molecule has 0 heterocycles. The van der Waals surface area contributed by atoms with E-state index in [0.29, 0.717) is 32.2 Å². The molecular formula is C29H36O4. The molecule has 0 aromatic heterocycles. The van der Waals surface area contributed by atoms with E-state index in [-0.39, 0.29) is 0 Å². The van der Waals surface area contributed by atoms with E-state index in [9.17, 15) is 0 Å². The van der Waals surface area contributed by atoms with E-state index in [2.05, 4.69) is 32.7 Å². The van der Waals surface area contributed by atoms with Crippen molar-refractivity contribution in [3.05, 3.63) is 84.6 Å². The molecule has 4 heteroatoms. The van der Waals surface area contributed by atoms with Crippen LogP contribution in [0.15, 0.2) is 73.5 Å². The summed E-state index contributed by atoms with van der Waals surface area (Å²) in [7, 11) is 0. The Morgan fingerprint density at radius 3 is 1.97 bits per heavy atom. The van der Waals surface area contributed by atoms with Gasteiger partial charge in [0.15, 0.2) is 5.76 Å². The van der Waals surface area contributed by atoms with Gasteiger partial charge in [-0.25, -0.2) is 0 Å². The van der Waals surface area contributed by atoms with Crippen molar-refractivity contribution in [2.24, 2.45) is 0 Å². The van der Waals surface area contributed by atoms with Crippen molar-refractivity contribution in [2.45, 2.75) is 39.5 Å². The number of ether oxygens (including phenoxy) is 4. The van der Waals surface area contributed by atoms with Crippen molar-refractivity contribution in [1.82, 2.24) is 0 Å². The Kier molecular flexibility index (Phi) is 12.1. The highest BCUT2D eigenvalue weighted by atomic mass is 16.5. The average molecular weight is 449 g/mol. The van der Waals surface area contributed by atoms with Gasteiger partial charge in [0.1, 0.15) is 30.5 Å². The minimum absolute atomic E-state index is 0.374. The summed E-state index contributed by atoms with van der Waals surface area (Å²) in [5.74, 6) is 2.93. The number of benzene rings is 2. The summed E-state index contributed by atoms with van der Waals surface area (Å²) < 4.78 is 23.6. The summed E-state index contributed by atoms with van der Waals surface area (Å²) in [6, 6.07) is 13.6. The van der Waals surface area contributed by atoms with Gasteiger partial charge in [-0.05, 0) is 55.3 Å². The van der Waals surface area contributed by atoms with Crippen molar-refractivity contribution < 1.29 is 18.9 Å². The Bertz CT molecular complexity index is 893. The molecule has 2 aromatic rings. The van der Waals surface area contributed by atoms with Gasteiger partial charge in [-0.2, -0.15) is 0 Å². The first-order chi connectivity index (χ1) is 16.2. The molecule has 0 fully saturated rings. The Hall–Kier alpha value is -3.36. The first kappa shape index (κ1) is 25.9. The Morgan fingerprint density at radius 2 is 1.42 bits per heavy atom. The lowest BCUT2D eigenvalue weighted by atomic mass is 10.1. The van der Waals surface area contributed by atoms with Crippen LogP contribution in [0.5, 0.6) is 17.2 Å². The molecule has 0 saturated heterocycles. The molecule has 2 aromatic carbocycles. The average Bonchev–Trinajstić information content (AvgIpc) is 2.84. The van der Waals surface area contributed by atoms with E-state index in [1.165, 1.54) is 0 Å². The second-order valence-corrected chi connectivity index (χ2v) is 7.41. The lowest BCUT2D eigenvalue weighted by Gasteiger charge is -2.14. The summed E-state index contributed by atoms with van der Waals surface area (Å²) in [6.07, 6.45) is 9.44. The van der Waals surface area contributed by atoms with Crippen molar-refractivity contribution in [3.8, 4) is 17.2 Å². The largest absolute Gasteiger partial charge is 0.493 e. The molecule has 176 valence electrons. The molecule has 33 heavy (non-hydrogen) atoms. The van der Waals surface area contributed by atoms with E-state index < -0.39 is 0 Å². The molecular weight excluding hydrogens is 412 g/mol. The predicted molar refractivity (Wildman–Crippen MR) is 137 cm³/mol. The van der Waals surface area contributed by atoms with Gasteiger partial charge < -0.3 is 18.9 Å². The minimum Gasteiger partial charge on any atom is -0.493 e. The fourth-order valence-corrected chi connectivity index (χ4v) is 2.92. The number of rotatable bonds is 16. The smallest absolute Gasteiger partial charge is 0.170 e. The molecule has 0 aliphatic rings. The standard InChI is InChI=1S/C29H36O4/c1-5-9-22-32-28-12-11-13-29(33-23-10-6-2)26(28)18-19-27(31-21-8-4)24-14-16-25(17-15-24)30-20-7-3/h7-8,11-18H,3-6,9-10,20-23H2,1-2H3. The van der Waals surface area contributed by atoms with Crippen LogP contribution in [0, 0.1) is 0 Å². The first-order valence-electron chi connectivity index (χ1n) is 11.7. The van der Waals surface area contributed by atoms with Crippen LogP contribution in [0.1, 0.15) is 50.7 Å². The molecule has 0 radical (unpaired) electrons. The van der Waals surface area contributed by atoms with Gasteiger partial charge in [-0.3, -0.25) is 0 Å². The third-order valence-electron chi connectivity index (χ3n) is 4.71. The summed E-state index contributed by atoms with van der Waals surface area (Å²) in [5.41, 5.74) is 5.06. The topological polar surface area (TPSA) is 36.9 Å². The highest BCUT2D eigenvalue weighted by molar-refractivity contribution is 5.70. The Labute approximate surface area is 198 Å². The Balaban J connectivity index is 2.42. The minimum atomic E-state index is 0.374. The quantitative estimate of drug-likeness (QED) is 0.116. The molecule has 4 nitrogen and oxygen atoms in total. The van der Waals surface area contributed by atoms with Crippen molar-refractivity contribution in [3.63, 3.8) is 0 Å². The summed E-state index contributed by atoms with van der Waals surface area (Å²) in [4.78, 5) is 0. The first-order valence-corrected chi connectivity index (χ1v) is 11.7. The third kappa shape index (κ3) is 8.96. The van der Waals surface area contributed by atoms with Crippen LogP contribution in [0.4, 0.5) is 0 Å². The normalized spacial score (nSPS) is 10.0. The van der Waals surface area contributed by atoms with Gasteiger partial charge in [-0.1, -0.05) is 63.8 Å². The fraction of sp³-hybridized carbons (Fsp3) is 0.345. The molecule has 2 rings (SSSR count). The number of unbranched alkanes of at least 4 members (excludes halogenated alkanes) is 2. The predicted octanol–water partition coefficient (Wildman–Crippen LogP) is 7.47. The molecule has 0 saturated carbocycles. The fourth-order valence-electron chi connectivity index (χ4n) is 2.92. The maximum atomic E-state index is 6.05. The van der Waals surface area contributed by atoms with Crippen molar-refractivity contribution in [2.75, 3.05) is 26.4 Å². The van der Waals surface area contributed by atoms with E-state index in [0.717, 1.165) is 54.1 Å². The molecule has 0 atom stereocenters. The Morgan fingerprint density at radius 1 is 0.818 bits per heavy atom. The zero-order valence-corrected chi connectivity index (χ0v) is 20.0. The van der Waals surface area contributed by atoms with Gasteiger partial charge >= 0.3 is 0 Å². The molecule has 0 spiro atoms. The van der Waals surface area contributed by atoms with Crippen LogP contribution in [-0.2, 0) is 4.74 Å². The SMILES string of the molecule is C=CCOC(=C=Cc1c(OCCCC)cccc1OCCCC)c1ccc(OCC=C)cc1. The highest BCUT2D eigenvalue weighted by Crippen LogP contribution is 2.31. The van der Waals surface area contributed by atoms with Gasteiger partial charge in [0, 0.05) is 5.56 Å². The maximum absolute atomic E-state index is 6.05. The van der Waals surface area contributed by atoms with Gasteiger partial charge in [0.25, 0.3) is 0 Å².